The Morgan fingerprint density at radius 3 is 0.915 bits per heavy atom. The highest BCUT2D eigenvalue weighted by atomic mass is 32.2. The Hall–Kier alpha value is -1.51. The molecule has 1 unspecified atom stereocenters. The van der Waals surface area contributed by atoms with Gasteiger partial charge in [0.25, 0.3) is 0 Å². The van der Waals surface area contributed by atoms with E-state index in [1.54, 1.807) is 0 Å². The Kier molecular flexibility index (Phi) is 12.6. The van der Waals surface area contributed by atoms with Crippen LogP contribution in [-0.4, -0.2) is 94.3 Å². The number of aliphatic hydroxyl groups is 1. The fraction of sp³-hybridized carbons (Fsp3) is 1.00. The molecule has 1 N–H and O–H groups in total. The minimum atomic E-state index is -8.21. The highest BCUT2D eigenvalue weighted by Crippen LogP contribution is 2.62. The molecule has 0 aromatic heterocycles. The molecule has 284 valence electrons. The molecule has 0 fully saturated rings. The van der Waals surface area contributed by atoms with E-state index in [4.69, 9.17) is 0 Å². The first-order valence-electron chi connectivity index (χ1n) is 11.3. The molecule has 47 heavy (non-hydrogen) atoms. The predicted molar refractivity (Wildman–Crippen MR) is 103 cm³/mol. The van der Waals surface area contributed by atoms with Crippen LogP contribution in [-0.2, 0) is 0 Å². The topological polar surface area (TPSA) is 20.2 Å². The zero-order valence-electron chi connectivity index (χ0n) is 21.5. The molecule has 28 heteroatoms. The van der Waals surface area contributed by atoms with Gasteiger partial charge in [-0.3, -0.25) is 0 Å². The van der Waals surface area contributed by atoms with Gasteiger partial charge in [0.2, 0.25) is 0 Å². The smallest absolute Gasteiger partial charge is 0.393 e. The quantitative estimate of drug-likeness (QED) is 0.117. The molecule has 0 saturated carbocycles. The minimum Gasteiger partial charge on any atom is -0.393 e. The lowest BCUT2D eigenvalue weighted by molar-refractivity contribution is -0.440. The van der Waals surface area contributed by atoms with Crippen LogP contribution >= 0.6 is 11.8 Å². The van der Waals surface area contributed by atoms with Crippen LogP contribution in [0.25, 0.3) is 0 Å². The second-order valence-electron chi connectivity index (χ2n) is 9.34. The molecule has 0 radical (unpaired) electrons. The molecule has 1 atom stereocenters. The lowest BCUT2D eigenvalue weighted by atomic mass is 9.91. The summed E-state index contributed by atoms with van der Waals surface area (Å²) in [7, 11) is 0. The SMILES string of the molecule is OC(CCSCCC(F)(F)C(F)(F)C(F)(F)C(F)(F)C(F)(F)C(F)(F)F)CCC(F)(F)C(F)(F)C(F)(F)C(F)(F)C(F)(F)C(F)(F)F. The van der Waals surface area contributed by atoms with E-state index < -0.39 is 115 Å². The van der Waals surface area contributed by atoms with Gasteiger partial charge >= 0.3 is 71.6 Å². The molecule has 0 aliphatic carbocycles. The van der Waals surface area contributed by atoms with Gasteiger partial charge in [-0.1, -0.05) is 0 Å². The van der Waals surface area contributed by atoms with Crippen molar-refractivity contribution in [2.75, 3.05) is 11.5 Å². The standard InChI is InChI=1S/C19H14F26OS/c20-8(21,10(24,25)12(28,29)14(32,33)16(36,37)18(40,41)42)3-1-7(46)2-5-47-6-4-9(22,23)11(26,27)13(30,31)15(34,35)17(38,39)19(43,44)45/h7,46H,1-6H2. The van der Waals surface area contributed by atoms with Crippen LogP contribution in [0.4, 0.5) is 114 Å². The van der Waals surface area contributed by atoms with Gasteiger partial charge in [0.1, 0.15) is 0 Å². The second kappa shape index (κ2) is 13.0. The van der Waals surface area contributed by atoms with Crippen LogP contribution < -0.4 is 0 Å². The zero-order chi connectivity index (χ0) is 38.5. The first kappa shape index (κ1) is 45.5. The molecule has 0 aliphatic rings. The fourth-order valence-electron chi connectivity index (χ4n) is 2.93. The first-order chi connectivity index (χ1) is 20.1. The average molecular weight is 784 g/mol. The third-order valence-corrected chi connectivity index (χ3v) is 6.96. The molecule has 0 aliphatic heterocycles. The fourth-order valence-corrected chi connectivity index (χ4v) is 3.98. The Labute approximate surface area is 247 Å². The van der Waals surface area contributed by atoms with E-state index in [0.717, 1.165) is 0 Å². The number of thioether (sulfide) groups is 1. The van der Waals surface area contributed by atoms with Gasteiger partial charge in [-0.2, -0.15) is 126 Å². The Morgan fingerprint density at radius 1 is 0.340 bits per heavy atom. The van der Waals surface area contributed by atoms with Gasteiger partial charge in [-0.15, -0.1) is 0 Å². The number of aliphatic hydroxyl groups excluding tert-OH is 1. The normalized spacial score (nSPS) is 16.9. The van der Waals surface area contributed by atoms with Crippen molar-refractivity contribution < 1.29 is 119 Å². The Bertz CT molecular complexity index is 1040. The van der Waals surface area contributed by atoms with Crippen LogP contribution in [0.3, 0.4) is 0 Å². The lowest BCUT2D eigenvalue weighted by Crippen LogP contribution is -2.70. The molecule has 0 spiro atoms. The number of alkyl halides is 26. The van der Waals surface area contributed by atoms with E-state index >= 15 is 0 Å². The summed E-state index contributed by atoms with van der Waals surface area (Å²) in [5, 5.41) is 9.39. The van der Waals surface area contributed by atoms with Gasteiger partial charge in [-0.25, -0.2) is 0 Å². The van der Waals surface area contributed by atoms with Crippen molar-refractivity contribution in [3.05, 3.63) is 0 Å². The third kappa shape index (κ3) is 7.50. The maximum atomic E-state index is 13.7. The number of hydrogen-bond donors (Lipinski definition) is 1. The molecule has 0 bridgehead atoms. The molecule has 0 heterocycles. The van der Waals surface area contributed by atoms with Crippen molar-refractivity contribution in [1.82, 2.24) is 0 Å². The summed E-state index contributed by atoms with van der Waals surface area (Å²) in [6.07, 6.45) is -26.7. The van der Waals surface area contributed by atoms with Gasteiger partial charge in [0.15, 0.2) is 0 Å². The van der Waals surface area contributed by atoms with Crippen LogP contribution in [0, 0.1) is 0 Å². The summed E-state index contributed by atoms with van der Waals surface area (Å²) in [5.41, 5.74) is 0. The molecule has 1 nitrogen and oxygen atoms in total. The largest absolute Gasteiger partial charge is 0.460 e. The zero-order valence-corrected chi connectivity index (χ0v) is 22.3. The average Bonchev–Trinajstić information content (AvgIpc) is 2.84. The molecule has 0 aromatic carbocycles. The van der Waals surface area contributed by atoms with E-state index in [2.05, 4.69) is 0 Å². The van der Waals surface area contributed by atoms with E-state index in [1.807, 2.05) is 0 Å². The highest BCUT2D eigenvalue weighted by Gasteiger charge is 2.92. The Morgan fingerprint density at radius 2 is 0.617 bits per heavy atom. The molecule has 0 rings (SSSR count). The van der Waals surface area contributed by atoms with Crippen LogP contribution in [0.5, 0.6) is 0 Å². The summed E-state index contributed by atoms with van der Waals surface area (Å²) >= 11 is -0.275. The second-order valence-corrected chi connectivity index (χ2v) is 10.6. The van der Waals surface area contributed by atoms with E-state index in [1.165, 1.54) is 0 Å². The van der Waals surface area contributed by atoms with E-state index in [-0.39, 0.29) is 11.8 Å². The minimum absolute atomic E-state index is 0.275. The first-order valence-corrected chi connectivity index (χ1v) is 12.4. The predicted octanol–water partition coefficient (Wildman–Crippen LogP) is 10.1. The van der Waals surface area contributed by atoms with Gasteiger partial charge in [-0.05, 0) is 24.3 Å². The van der Waals surface area contributed by atoms with Crippen molar-refractivity contribution in [3.63, 3.8) is 0 Å². The van der Waals surface area contributed by atoms with Crippen LogP contribution in [0.2, 0.25) is 0 Å². The van der Waals surface area contributed by atoms with Crippen molar-refractivity contribution in [3.8, 4) is 0 Å². The molecule has 0 aromatic rings. The number of halogens is 26. The van der Waals surface area contributed by atoms with Crippen molar-refractivity contribution >= 4 is 11.8 Å². The highest BCUT2D eigenvalue weighted by molar-refractivity contribution is 7.99. The van der Waals surface area contributed by atoms with E-state index in [0.29, 0.717) is 0 Å². The molecular weight excluding hydrogens is 770 g/mol. The number of rotatable bonds is 17. The summed E-state index contributed by atoms with van der Waals surface area (Å²) in [6, 6.07) is 0. The summed E-state index contributed by atoms with van der Waals surface area (Å²) in [6.45, 7) is 0. The maximum Gasteiger partial charge on any atom is 0.460 e. The van der Waals surface area contributed by atoms with Crippen LogP contribution in [0.15, 0.2) is 0 Å². The summed E-state index contributed by atoms with van der Waals surface area (Å²) in [5.74, 6) is -79.9. The Balaban J connectivity index is 5.46. The summed E-state index contributed by atoms with van der Waals surface area (Å²) in [4.78, 5) is 0. The van der Waals surface area contributed by atoms with Crippen molar-refractivity contribution in [2.45, 2.75) is 103 Å². The van der Waals surface area contributed by atoms with E-state index in [9.17, 15) is 119 Å². The summed E-state index contributed by atoms with van der Waals surface area (Å²) < 4.78 is 339. The lowest BCUT2D eigenvalue weighted by Gasteiger charge is -2.39. The monoisotopic (exact) mass is 784 g/mol. The maximum absolute atomic E-state index is 13.7. The third-order valence-electron chi connectivity index (χ3n) is 5.94. The molecular formula is C19H14F26OS. The molecule has 0 amide bonds. The van der Waals surface area contributed by atoms with Crippen LogP contribution in [0.1, 0.15) is 25.7 Å². The van der Waals surface area contributed by atoms with Crippen molar-refractivity contribution in [1.29, 1.82) is 0 Å². The number of hydrogen-bond acceptors (Lipinski definition) is 2. The van der Waals surface area contributed by atoms with Gasteiger partial charge in [0, 0.05) is 12.8 Å². The van der Waals surface area contributed by atoms with Crippen molar-refractivity contribution in [2.24, 2.45) is 0 Å². The molecule has 0 saturated heterocycles. The van der Waals surface area contributed by atoms with Gasteiger partial charge in [0.05, 0.1) is 6.10 Å². The van der Waals surface area contributed by atoms with Gasteiger partial charge < -0.3 is 5.11 Å².